The molecule has 0 N–H and O–H groups in total. The minimum absolute atomic E-state index is 0.307. The van der Waals surface area contributed by atoms with Crippen molar-refractivity contribution in [2.24, 2.45) is 22.7 Å². The Bertz CT molecular complexity index is 305. The summed E-state index contributed by atoms with van der Waals surface area (Å²) < 4.78 is 22.6. The summed E-state index contributed by atoms with van der Waals surface area (Å²) in [7, 11) is 0. The third-order valence-corrected chi connectivity index (χ3v) is 5.91. The Labute approximate surface area is 148 Å². The van der Waals surface area contributed by atoms with Crippen LogP contribution in [-0.2, 0) is 18.9 Å². The fourth-order valence-corrected chi connectivity index (χ4v) is 3.25. The van der Waals surface area contributed by atoms with Gasteiger partial charge >= 0.3 is 0 Å². The maximum Gasteiger partial charge on any atom is 0.0566 e. The second-order valence-corrected chi connectivity index (χ2v) is 8.51. The van der Waals surface area contributed by atoms with Crippen molar-refractivity contribution in [3.8, 4) is 0 Å². The first-order valence-corrected chi connectivity index (χ1v) is 9.84. The molecule has 0 aromatic carbocycles. The van der Waals surface area contributed by atoms with Crippen molar-refractivity contribution < 1.29 is 18.9 Å². The first-order chi connectivity index (χ1) is 11.5. The predicted octanol–water partition coefficient (Wildman–Crippen LogP) is 3.93. The molecule has 0 bridgehead atoms. The number of ether oxygens (including phenoxy) is 4. The third kappa shape index (κ3) is 5.69. The van der Waals surface area contributed by atoms with Gasteiger partial charge < -0.3 is 18.9 Å². The first kappa shape index (κ1) is 20.2. The van der Waals surface area contributed by atoms with Crippen LogP contribution >= 0.6 is 0 Å². The maximum absolute atomic E-state index is 5.96. The van der Waals surface area contributed by atoms with Crippen molar-refractivity contribution in [1.82, 2.24) is 0 Å². The molecule has 2 atom stereocenters. The van der Waals surface area contributed by atoms with Crippen LogP contribution in [0.1, 0.15) is 53.4 Å². The quantitative estimate of drug-likeness (QED) is 0.508. The molecule has 24 heavy (non-hydrogen) atoms. The van der Waals surface area contributed by atoms with Crippen molar-refractivity contribution in [2.75, 3.05) is 52.9 Å². The lowest BCUT2D eigenvalue weighted by molar-refractivity contribution is -0.153. The Hall–Kier alpha value is -0.160. The van der Waals surface area contributed by atoms with E-state index >= 15 is 0 Å². The normalized spacial score (nSPS) is 24.0. The Morgan fingerprint density at radius 1 is 0.750 bits per heavy atom. The van der Waals surface area contributed by atoms with Crippen molar-refractivity contribution in [3.05, 3.63) is 0 Å². The summed E-state index contributed by atoms with van der Waals surface area (Å²) in [6.45, 7) is 16.0. The van der Waals surface area contributed by atoms with Gasteiger partial charge in [0, 0.05) is 24.0 Å². The highest BCUT2D eigenvalue weighted by Gasteiger charge is 2.37. The Balaban J connectivity index is 1.49. The van der Waals surface area contributed by atoms with E-state index in [1.54, 1.807) is 0 Å². The summed E-state index contributed by atoms with van der Waals surface area (Å²) in [5.74, 6) is 1.23. The van der Waals surface area contributed by atoms with Crippen LogP contribution in [0.4, 0.5) is 0 Å². The standard InChI is InChI=1S/C20H38O4/c1-5-19(13-23-14-19)11-21-9-17(3)7-8-18(4)10-22-12-20(6-2)15-24-16-20/h17-18H,5-16H2,1-4H3. The van der Waals surface area contributed by atoms with E-state index in [4.69, 9.17) is 18.9 Å². The molecule has 0 spiro atoms. The van der Waals surface area contributed by atoms with Crippen molar-refractivity contribution in [2.45, 2.75) is 53.4 Å². The van der Waals surface area contributed by atoms with Gasteiger partial charge in [0.15, 0.2) is 0 Å². The van der Waals surface area contributed by atoms with Gasteiger partial charge in [-0.1, -0.05) is 27.7 Å². The second-order valence-electron chi connectivity index (χ2n) is 8.51. The summed E-state index contributed by atoms with van der Waals surface area (Å²) >= 11 is 0. The van der Waals surface area contributed by atoms with Gasteiger partial charge in [0.1, 0.15) is 0 Å². The molecular formula is C20H38O4. The smallest absolute Gasteiger partial charge is 0.0566 e. The molecule has 0 saturated carbocycles. The number of rotatable bonds is 13. The van der Waals surface area contributed by atoms with E-state index < -0.39 is 0 Å². The summed E-state index contributed by atoms with van der Waals surface area (Å²) in [6, 6.07) is 0. The van der Waals surface area contributed by atoms with E-state index in [0.29, 0.717) is 22.7 Å². The molecule has 2 heterocycles. The highest BCUT2D eigenvalue weighted by Crippen LogP contribution is 2.32. The SMILES string of the molecule is CCC1(COCC(C)CCC(C)COCC2(CC)COC2)COC1. The zero-order chi connectivity index (χ0) is 17.5. The highest BCUT2D eigenvalue weighted by molar-refractivity contribution is 4.84. The van der Waals surface area contributed by atoms with E-state index in [-0.39, 0.29) is 0 Å². The fraction of sp³-hybridized carbons (Fsp3) is 1.00. The van der Waals surface area contributed by atoms with E-state index in [1.165, 1.54) is 12.8 Å². The van der Waals surface area contributed by atoms with Gasteiger partial charge in [0.25, 0.3) is 0 Å². The Kier molecular flexibility index (Phi) is 7.99. The van der Waals surface area contributed by atoms with Gasteiger partial charge in [-0.3, -0.25) is 0 Å². The monoisotopic (exact) mass is 342 g/mol. The molecule has 4 heteroatoms. The van der Waals surface area contributed by atoms with Gasteiger partial charge in [-0.05, 0) is 37.5 Å². The van der Waals surface area contributed by atoms with Crippen LogP contribution in [0.3, 0.4) is 0 Å². The van der Waals surface area contributed by atoms with Crippen molar-refractivity contribution in [1.29, 1.82) is 0 Å². The van der Waals surface area contributed by atoms with Crippen LogP contribution in [0.5, 0.6) is 0 Å². The van der Waals surface area contributed by atoms with Crippen LogP contribution in [0.15, 0.2) is 0 Å². The van der Waals surface area contributed by atoms with Crippen LogP contribution < -0.4 is 0 Å². The Morgan fingerprint density at radius 3 is 1.38 bits per heavy atom. The molecule has 2 fully saturated rings. The molecule has 0 radical (unpaired) electrons. The Morgan fingerprint density at radius 2 is 1.12 bits per heavy atom. The first-order valence-electron chi connectivity index (χ1n) is 9.84. The summed E-state index contributed by atoms with van der Waals surface area (Å²) in [4.78, 5) is 0. The molecule has 2 saturated heterocycles. The fourth-order valence-electron chi connectivity index (χ4n) is 3.25. The molecule has 2 aliphatic heterocycles. The molecule has 2 aliphatic rings. The van der Waals surface area contributed by atoms with Gasteiger partial charge in [-0.15, -0.1) is 0 Å². The molecular weight excluding hydrogens is 304 g/mol. The lowest BCUT2D eigenvalue weighted by Crippen LogP contribution is -2.46. The van der Waals surface area contributed by atoms with E-state index in [9.17, 15) is 0 Å². The summed E-state index contributed by atoms with van der Waals surface area (Å²) in [5.41, 5.74) is 0.614. The number of hydrogen-bond donors (Lipinski definition) is 0. The lowest BCUT2D eigenvalue weighted by Gasteiger charge is -2.40. The number of hydrogen-bond acceptors (Lipinski definition) is 4. The van der Waals surface area contributed by atoms with Crippen molar-refractivity contribution >= 4 is 0 Å². The molecule has 0 aliphatic carbocycles. The highest BCUT2D eigenvalue weighted by atomic mass is 16.5. The van der Waals surface area contributed by atoms with Crippen LogP contribution in [-0.4, -0.2) is 52.9 Å². The van der Waals surface area contributed by atoms with E-state index in [0.717, 1.165) is 65.7 Å². The van der Waals surface area contributed by atoms with Gasteiger partial charge in [0.2, 0.25) is 0 Å². The van der Waals surface area contributed by atoms with Gasteiger partial charge in [0.05, 0.1) is 39.6 Å². The maximum atomic E-state index is 5.96. The molecule has 142 valence electrons. The van der Waals surface area contributed by atoms with Crippen LogP contribution in [0.25, 0.3) is 0 Å². The zero-order valence-electron chi connectivity index (χ0n) is 16.3. The summed E-state index contributed by atoms with van der Waals surface area (Å²) in [5, 5.41) is 0. The molecule has 0 amide bonds. The molecule has 2 rings (SSSR count). The minimum Gasteiger partial charge on any atom is -0.380 e. The predicted molar refractivity (Wildman–Crippen MR) is 96.3 cm³/mol. The van der Waals surface area contributed by atoms with Gasteiger partial charge in [-0.2, -0.15) is 0 Å². The van der Waals surface area contributed by atoms with E-state index in [2.05, 4.69) is 27.7 Å². The lowest BCUT2D eigenvalue weighted by atomic mass is 9.84. The molecule has 4 nitrogen and oxygen atoms in total. The summed E-state index contributed by atoms with van der Waals surface area (Å²) in [6.07, 6.45) is 4.73. The molecule has 0 aromatic heterocycles. The van der Waals surface area contributed by atoms with E-state index in [1.807, 2.05) is 0 Å². The second kappa shape index (κ2) is 9.51. The van der Waals surface area contributed by atoms with Crippen LogP contribution in [0, 0.1) is 22.7 Å². The van der Waals surface area contributed by atoms with Gasteiger partial charge in [-0.25, -0.2) is 0 Å². The third-order valence-electron chi connectivity index (χ3n) is 5.91. The minimum atomic E-state index is 0.307. The molecule has 2 unspecified atom stereocenters. The average molecular weight is 343 g/mol. The topological polar surface area (TPSA) is 36.9 Å². The van der Waals surface area contributed by atoms with Crippen molar-refractivity contribution in [3.63, 3.8) is 0 Å². The van der Waals surface area contributed by atoms with Crippen LogP contribution in [0.2, 0.25) is 0 Å². The largest absolute Gasteiger partial charge is 0.380 e. The molecule has 0 aromatic rings. The average Bonchev–Trinajstić information content (AvgIpc) is 2.50. The zero-order valence-corrected chi connectivity index (χ0v) is 16.3.